The summed E-state index contributed by atoms with van der Waals surface area (Å²) >= 11 is 0. The molecule has 1 aromatic heterocycles. The van der Waals surface area contributed by atoms with Crippen molar-refractivity contribution in [2.45, 2.75) is 37.9 Å². The molecule has 1 unspecified atom stereocenters. The zero-order valence-electron chi connectivity index (χ0n) is 19.8. The lowest BCUT2D eigenvalue weighted by atomic mass is 9.97. The number of carbonyl (C=O) groups excluding carboxylic acids is 3. The molecule has 2 atom stereocenters. The number of ketones is 1. The molecule has 1 saturated heterocycles. The Balaban J connectivity index is 1.57. The van der Waals surface area contributed by atoms with Crippen molar-refractivity contribution >= 4 is 28.5 Å². The number of carbonyl (C=O) groups is 3. The molecule has 3 aromatic rings. The van der Waals surface area contributed by atoms with E-state index in [1.54, 1.807) is 30.3 Å². The lowest BCUT2D eigenvalue weighted by Crippen LogP contribution is -2.36. The quantitative estimate of drug-likeness (QED) is 0.522. The molecule has 9 heteroatoms. The number of nitrogens with one attached hydrogen (secondary N) is 1. The fourth-order valence-corrected chi connectivity index (χ4v) is 4.50. The largest absolute Gasteiger partial charge is 0.355 e. The first-order chi connectivity index (χ1) is 17.1. The van der Waals surface area contributed by atoms with E-state index >= 15 is 0 Å². The minimum absolute atomic E-state index is 0.0500. The second-order valence-electron chi connectivity index (χ2n) is 9.07. The minimum Gasteiger partial charge on any atom is -0.355 e. The second kappa shape index (κ2) is 9.82. The highest BCUT2D eigenvalue weighted by Gasteiger charge is 2.43. The van der Waals surface area contributed by atoms with Gasteiger partial charge in [-0.1, -0.05) is 12.1 Å². The predicted octanol–water partition coefficient (Wildman–Crippen LogP) is 4.22. The van der Waals surface area contributed by atoms with E-state index in [9.17, 15) is 28.4 Å². The molecular weight excluding hydrogens is 466 g/mol. The highest BCUT2D eigenvalue weighted by Crippen LogP contribution is 2.31. The molecule has 0 bridgehead atoms. The molecule has 1 aliphatic heterocycles. The first-order valence-electron chi connectivity index (χ1n) is 11.5. The van der Waals surface area contributed by atoms with Crippen molar-refractivity contribution in [3.63, 3.8) is 0 Å². The van der Waals surface area contributed by atoms with Crippen LogP contribution in [-0.2, 0) is 4.79 Å². The van der Waals surface area contributed by atoms with Crippen LogP contribution < -0.4 is 5.32 Å². The third kappa shape index (κ3) is 4.93. The van der Waals surface area contributed by atoms with Crippen molar-refractivity contribution in [1.82, 2.24) is 15.2 Å². The molecule has 0 aliphatic carbocycles. The van der Waals surface area contributed by atoms with Crippen LogP contribution in [0.3, 0.4) is 0 Å². The number of halogens is 2. The van der Waals surface area contributed by atoms with Crippen LogP contribution in [0.15, 0.2) is 48.7 Å². The summed E-state index contributed by atoms with van der Waals surface area (Å²) in [4.78, 5) is 43.0. The van der Waals surface area contributed by atoms with Gasteiger partial charge in [-0.15, -0.1) is 0 Å². The monoisotopic (exact) mass is 490 g/mol. The van der Waals surface area contributed by atoms with Crippen LogP contribution in [0, 0.1) is 17.1 Å². The summed E-state index contributed by atoms with van der Waals surface area (Å²) in [6.07, 6.45) is 1.18. The number of amides is 2. The zero-order valence-corrected chi connectivity index (χ0v) is 19.8. The van der Waals surface area contributed by atoms with E-state index < -0.39 is 29.3 Å². The van der Waals surface area contributed by atoms with Crippen molar-refractivity contribution in [3.05, 3.63) is 65.6 Å². The van der Waals surface area contributed by atoms with Crippen LogP contribution in [-0.4, -0.2) is 52.8 Å². The molecule has 184 valence electrons. The number of aromatic nitrogens is 1. The second-order valence-corrected chi connectivity index (χ2v) is 9.07. The lowest BCUT2D eigenvalue weighted by Gasteiger charge is -2.19. The Labute approximate surface area is 206 Å². The molecule has 2 aromatic carbocycles. The maximum Gasteiger partial charge on any atom is 0.253 e. The average Bonchev–Trinajstić information content (AvgIpc) is 3.20. The van der Waals surface area contributed by atoms with Crippen LogP contribution in [0.2, 0.25) is 0 Å². The molecule has 0 saturated carbocycles. The van der Waals surface area contributed by atoms with Crippen LogP contribution in [0.1, 0.15) is 46.9 Å². The van der Waals surface area contributed by atoms with Gasteiger partial charge < -0.3 is 10.2 Å². The number of nitrogens with zero attached hydrogens (tertiary/aromatic N) is 3. The highest BCUT2D eigenvalue weighted by atomic mass is 19.1. The van der Waals surface area contributed by atoms with Gasteiger partial charge >= 0.3 is 0 Å². The van der Waals surface area contributed by atoms with Gasteiger partial charge in [-0.3, -0.25) is 19.4 Å². The maximum absolute atomic E-state index is 14.5. The van der Waals surface area contributed by atoms with Crippen LogP contribution in [0.25, 0.3) is 22.0 Å². The molecule has 7 nitrogen and oxygen atoms in total. The van der Waals surface area contributed by atoms with Gasteiger partial charge in [-0.05, 0) is 48.4 Å². The Bertz CT molecular complexity index is 1410. The molecule has 0 spiro atoms. The van der Waals surface area contributed by atoms with Gasteiger partial charge in [-0.2, -0.15) is 5.26 Å². The number of rotatable bonds is 6. The Morgan fingerprint density at radius 3 is 2.56 bits per heavy atom. The molecular formula is C27H24F2N4O3. The summed E-state index contributed by atoms with van der Waals surface area (Å²) in [6.45, 7) is 1.18. The molecule has 2 amide bonds. The summed E-state index contributed by atoms with van der Waals surface area (Å²) in [7, 11) is 1.42. The third-order valence-corrected chi connectivity index (χ3v) is 6.35. The summed E-state index contributed by atoms with van der Waals surface area (Å²) in [5.74, 6) is -1.95. The van der Waals surface area contributed by atoms with E-state index in [2.05, 4.69) is 10.3 Å². The number of hydrogen-bond donors (Lipinski definition) is 1. The van der Waals surface area contributed by atoms with E-state index in [1.165, 1.54) is 37.2 Å². The van der Waals surface area contributed by atoms with Gasteiger partial charge in [0.1, 0.15) is 17.5 Å². The zero-order chi connectivity index (χ0) is 26.0. The Hall–Kier alpha value is -4.19. The summed E-state index contributed by atoms with van der Waals surface area (Å²) in [5, 5.41) is 12.2. The number of fused-ring (bicyclic) bond motifs is 1. The van der Waals surface area contributed by atoms with E-state index in [4.69, 9.17) is 0 Å². The number of alkyl halides is 1. The number of pyridine rings is 1. The Morgan fingerprint density at radius 2 is 1.86 bits per heavy atom. The van der Waals surface area contributed by atoms with Crippen LogP contribution in [0.4, 0.5) is 8.78 Å². The van der Waals surface area contributed by atoms with E-state index in [1.807, 2.05) is 6.07 Å². The number of Topliss-reactive ketones (excluding diaryl/α,β-unsaturated/α-hetero) is 1. The maximum atomic E-state index is 14.5. The highest BCUT2D eigenvalue weighted by molar-refractivity contribution is 6.08. The van der Waals surface area contributed by atoms with Gasteiger partial charge in [0.15, 0.2) is 5.78 Å². The number of likely N-dealkylation sites (tertiary alicyclic amines) is 1. The summed E-state index contributed by atoms with van der Waals surface area (Å²) in [6, 6.07) is 12.1. The third-order valence-electron chi connectivity index (χ3n) is 6.35. The van der Waals surface area contributed by atoms with Crippen molar-refractivity contribution in [2.24, 2.45) is 0 Å². The van der Waals surface area contributed by atoms with E-state index in [0.717, 1.165) is 0 Å². The van der Waals surface area contributed by atoms with Crippen molar-refractivity contribution in [1.29, 1.82) is 5.26 Å². The topological polar surface area (TPSA) is 103 Å². The van der Waals surface area contributed by atoms with Crippen LogP contribution >= 0.6 is 0 Å². The smallest absolute Gasteiger partial charge is 0.253 e. The van der Waals surface area contributed by atoms with Crippen molar-refractivity contribution in [3.8, 4) is 17.2 Å². The summed E-state index contributed by atoms with van der Waals surface area (Å²) < 4.78 is 28.8. The lowest BCUT2D eigenvalue weighted by molar-refractivity contribution is -0.131. The Kier molecular flexibility index (Phi) is 6.80. The first kappa shape index (κ1) is 24.9. The van der Waals surface area contributed by atoms with Crippen LogP contribution in [0.5, 0.6) is 0 Å². The van der Waals surface area contributed by atoms with Gasteiger partial charge in [0.05, 0.1) is 23.7 Å². The number of hydrogen-bond acceptors (Lipinski definition) is 5. The molecule has 1 aliphatic rings. The summed E-state index contributed by atoms with van der Waals surface area (Å²) in [5.41, 5.74) is 0.343. The first-order valence-corrected chi connectivity index (χ1v) is 11.5. The van der Waals surface area contributed by atoms with Gasteiger partial charge in [0, 0.05) is 43.5 Å². The van der Waals surface area contributed by atoms with Crippen molar-refractivity contribution < 1.29 is 23.2 Å². The van der Waals surface area contributed by atoms with E-state index in [-0.39, 0.29) is 37.2 Å². The molecule has 4 rings (SSSR count). The average molecular weight is 491 g/mol. The normalized spacial score (nSPS) is 19.2. The standard InChI is InChI=1S/C27H24F2N4O3/c1-27(29)13-18(14-30)33(15-27)25(35)8-7-24(34)19-9-10-32-23-6-4-16(11-21(19)23)17-3-5-20(22(28)12-17)26(36)31-2/h3-6,9-12,18H,7-8,13,15H2,1-2H3,(H,31,36)/t18-,27?/m0/s1. The minimum atomic E-state index is -1.63. The molecule has 36 heavy (non-hydrogen) atoms. The molecule has 2 heterocycles. The molecule has 1 fully saturated rings. The SMILES string of the molecule is CNC(=O)c1ccc(-c2ccc3nccc(C(=O)CCC(=O)N4CC(C)(F)C[C@H]4C#N)c3c2)cc1F. The van der Waals surface area contributed by atoms with E-state index in [0.29, 0.717) is 27.6 Å². The van der Waals surface area contributed by atoms with Gasteiger partial charge in [0.25, 0.3) is 5.91 Å². The van der Waals surface area contributed by atoms with Crippen molar-refractivity contribution in [2.75, 3.05) is 13.6 Å². The fraction of sp³-hybridized carbons (Fsp3) is 0.296. The number of benzene rings is 2. The Morgan fingerprint density at radius 1 is 1.14 bits per heavy atom. The fourth-order valence-electron chi connectivity index (χ4n) is 4.50. The molecule has 0 radical (unpaired) electrons. The predicted molar refractivity (Wildman–Crippen MR) is 129 cm³/mol. The molecule has 1 N–H and O–H groups in total. The van der Waals surface area contributed by atoms with Gasteiger partial charge in [0.2, 0.25) is 5.91 Å². The number of nitriles is 1. The van der Waals surface area contributed by atoms with Gasteiger partial charge in [-0.25, -0.2) is 8.78 Å².